The van der Waals surface area contributed by atoms with E-state index in [9.17, 15) is 18.0 Å². The Morgan fingerprint density at radius 1 is 1.22 bits per heavy atom. The fourth-order valence-electron chi connectivity index (χ4n) is 7.28. The van der Waals surface area contributed by atoms with Gasteiger partial charge in [0.15, 0.2) is 5.78 Å². The smallest absolute Gasteiger partial charge is 0.238 e. The van der Waals surface area contributed by atoms with Crippen LogP contribution in [0.1, 0.15) is 71.6 Å². The van der Waals surface area contributed by atoms with E-state index in [0.29, 0.717) is 12.3 Å². The maximum atomic E-state index is 13.2. The van der Waals surface area contributed by atoms with Gasteiger partial charge in [-0.2, -0.15) is 0 Å². The topological polar surface area (TPSA) is 71.5 Å². The number of hydrogen-bond donors (Lipinski definition) is 0. The van der Waals surface area contributed by atoms with Gasteiger partial charge in [0.1, 0.15) is 0 Å². The van der Waals surface area contributed by atoms with Gasteiger partial charge in [0.05, 0.1) is 11.8 Å². The maximum Gasteiger partial charge on any atom is 0.238 e. The van der Waals surface area contributed by atoms with Crippen LogP contribution < -0.4 is 0 Å². The molecule has 2 bridgehead atoms. The first kappa shape index (κ1) is 17.9. The zero-order valence-electron chi connectivity index (χ0n) is 16.3. The molecule has 0 radical (unpaired) electrons. The molecule has 27 heavy (non-hydrogen) atoms. The largest absolute Gasteiger partial charge is 0.295 e. The third kappa shape index (κ3) is 2.19. The highest BCUT2D eigenvalue weighted by Gasteiger charge is 2.72. The van der Waals surface area contributed by atoms with Crippen LogP contribution >= 0.6 is 0 Å². The first-order chi connectivity index (χ1) is 12.7. The number of rotatable bonds is 2. The number of nitrogens with zero attached hydrogens (tertiary/aromatic N) is 1. The second-order valence-corrected chi connectivity index (χ2v) is 11.9. The predicted molar refractivity (Wildman–Crippen MR) is 101 cm³/mol. The van der Waals surface area contributed by atoms with Gasteiger partial charge in [0.2, 0.25) is 15.9 Å². The Bertz CT molecular complexity index is 871. The monoisotopic (exact) mass is 391 g/mol. The van der Waals surface area contributed by atoms with E-state index in [-0.39, 0.29) is 46.7 Å². The highest BCUT2D eigenvalue weighted by atomic mass is 32.2. The lowest BCUT2D eigenvalue weighted by atomic mass is 9.69. The summed E-state index contributed by atoms with van der Waals surface area (Å²) in [5.74, 6) is 0.478. The molecule has 4 unspecified atom stereocenters. The number of allylic oxidation sites excluding steroid dienone is 2. The lowest BCUT2D eigenvalue weighted by Crippen LogP contribution is -2.44. The molecule has 6 heteroatoms. The van der Waals surface area contributed by atoms with Crippen LogP contribution in [0, 0.1) is 22.7 Å². The number of Topliss-reactive ketones (excluding diaryl/α,β-unsaturated/α-hetero) is 1. The van der Waals surface area contributed by atoms with E-state index in [4.69, 9.17) is 0 Å². The average Bonchev–Trinajstić information content (AvgIpc) is 3.19. The Balaban J connectivity index is 1.43. The van der Waals surface area contributed by atoms with Crippen molar-refractivity contribution in [1.29, 1.82) is 0 Å². The van der Waals surface area contributed by atoms with E-state index < -0.39 is 10.0 Å². The average molecular weight is 392 g/mol. The van der Waals surface area contributed by atoms with Crippen molar-refractivity contribution in [2.24, 2.45) is 22.7 Å². The first-order valence-electron chi connectivity index (χ1n) is 10.5. The molecule has 4 atom stereocenters. The molecule has 5 aliphatic rings. The van der Waals surface area contributed by atoms with E-state index in [0.717, 1.165) is 56.1 Å². The number of fused-ring (bicyclic) bond motifs is 1. The summed E-state index contributed by atoms with van der Waals surface area (Å²) in [5, 5.41) is 0. The minimum absolute atomic E-state index is 0.0256. The van der Waals surface area contributed by atoms with Crippen molar-refractivity contribution in [2.75, 3.05) is 5.75 Å². The number of carbonyl (C=O) groups excluding carboxylic acids is 2. The zero-order valence-corrected chi connectivity index (χ0v) is 17.1. The molecule has 5 nitrogen and oxygen atoms in total. The van der Waals surface area contributed by atoms with Gasteiger partial charge in [-0.25, -0.2) is 12.7 Å². The molecular weight excluding hydrogens is 362 g/mol. The van der Waals surface area contributed by atoms with Crippen LogP contribution in [0.4, 0.5) is 0 Å². The first-order valence-corrected chi connectivity index (χ1v) is 12.1. The number of amides is 1. The second-order valence-electron chi connectivity index (χ2n) is 10.0. The van der Waals surface area contributed by atoms with E-state index in [2.05, 4.69) is 13.8 Å². The van der Waals surface area contributed by atoms with Gasteiger partial charge in [0.25, 0.3) is 0 Å². The minimum atomic E-state index is -3.56. The quantitative estimate of drug-likeness (QED) is 0.725. The van der Waals surface area contributed by atoms with Crippen LogP contribution in [-0.2, 0) is 19.6 Å². The number of ketones is 1. The predicted octanol–water partition coefficient (Wildman–Crippen LogP) is 3.20. The normalized spacial score (nSPS) is 41.2. The summed E-state index contributed by atoms with van der Waals surface area (Å²) in [6, 6.07) is -0.166. The summed E-state index contributed by atoms with van der Waals surface area (Å²) in [6.07, 6.45) is 7.24. The fraction of sp³-hybridized carbons (Fsp3) is 0.810. The van der Waals surface area contributed by atoms with Gasteiger partial charge >= 0.3 is 0 Å². The van der Waals surface area contributed by atoms with Crippen LogP contribution in [0.2, 0.25) is 0 Å². The minimum Gasteiger partial charge on any atom is -0.295 e. The van der Waals surface area contributed by atoms with Gasteiger partial charge in [-0.15, -0.1) is 0 Å². The van der Waals surface area contributed by atoms with Gasteiger partial charge < -0.3 is 0 Å². The highest BCUT2D eigenvalue weighted by molar-refractivity contribution is 7.90. The number of sulfonamides is 1. The van der Waals surface area contributed by atoms with Crippen molar-refractivity contribution in [1.82, 2.24) is 4.31 Å². The molecule has 5 rings (SSSR count). The van der Waals surface area contributed by atoms with Crippen molar-refractivity contribution >= 4 is 21.7 Å². The number of hydrogen-bond acceptors (Lipinski definition) is 4. The molecular formula is C21H29NO4S. The van der Waals surface area contributed by atoms with Gasteiger partial charge in [-0.3, -0.25) is 9.59 Å². The molecule has 1 saturated heterocycles. The van der Waals surface area contributed by atoms with Crippen molar-refractivity contribution in [3.05, 3.63) is 11.1 Å². The van der Waals surface area contributed by atoms with E-state index in [1.54, 1.807) is 0 Å². The van der Waals surface area contributed by atoms with Crippen molar-refractivity contribution in [2.45, 2.75) is 77.7 Å². The van der Waals surface area contributed by atoms with Crippen LogP contribution in [-0.4, -0.2) is 36.2 Å². The van der Waals surface area contributed by atoms with Gasteiger partial charge in [-0.05, 0) is 67.8 Å². The molecule has 1 heterocycles. The molecule has 148 valence electrons. The van der Waals surface area contributed by atoms with Crippen molar-refractivity contribution < 1.29 is 18.0 Å². The zero-order chi connectivity index (χ0) is 19.2. The highest BCUT2D eigenvalue weighted by Crippen LogP contribution is 2.70. The molecule has 0 aromatic carbocycles. The maximum absolute atomic E-state index is 13.2. The summed E-state index contributed by atoms with van der Waals surface area (Å²) in [6.45, 7) is 4.39. The third-order valence-electron chi connectivity index (χ3n) is 8.85. The molecule has 0 aromatic rings. The van der Waals surface area contributed by atoms with Crippen molar-refractivity contribution in [3.8, 4) is 0 Å². The summed E-state index contributed by atoms with van der Waals surface area (Å²) in [5.41, 5.74) is 1.80. The molecule has 0 N–H and O–H groups in total. The van der Waals surface area contributed by atoms with Crippen molar-refractivity contribution in [3.63, 3.8) is 0 Å². The summed E-state index contributed by atoms with van der Waals surface area (Å²) >= 11 is 0. The Morgan fingerprint density at radius 2 is 1.96 bits per heavy atom. The van der Waals surface area contributed by atoms with Crippen LogP contribution in [0.5, 0.6) is 0 Å². The lowest BCUT2D eigenvalue weighted by Gasteiger charge is -2.37. The molecule has 3 fully saturated rings. The molecule has 4 aliphatic carbocycles. The molecule has 2 saturated carbocycles. The van der Waals surface area contributed by atoms with Gasteiger partial charge in [0, 0.05) is 18.3 Å². The van der Waals surface area contributed by atoms with E-state index in [1.807, 2.05) is 0 Å². The molecule has 0 aromatic heterocycles. The Kier molecular flexibility index (Phi) is 3.62. The SMILES string of the molecule is CC1(C)C2CCC13CS(=O)(=O)N(C(=O)CC1CC(=O)C4=C1CCCC4)C3C2. The lowest BCUT2D eigenvalue weighted by molar-refractivity contribution is -0.129. The number of carbonyl (C=O) groups is 2. The van der Waals surface area contributed by atoms with Crippen LogP contribution in [0.25, 0.3) is 0 Å². The summed E-state index contributed by atoms with van der Waals surface area (Å²) in [4.78, 5) is 25.6. The Morgan fingerprint density at radius 3 is 2.70 bits per heavy atom. The van der Waals surface area contributed by atoms with Crippen LogP contribution in [0.3, 0.4) is 0 Å². The van der Waals surface area contributed by atoms with E-state index in [1.165, 1.54) is 4.31 Å². The Labute approximate surface area is 161 Å². The van der Waals surface area contributed by atoms with Crippen LogP contribution in [0.15, 0.2) is 11.1 Å². The third-order valence-corrected chi connectivity index (χ3v) is 10.8. The van der Waals surface area contributed by atoms with Gasteiger partial charge in [-0.1, -0.05) is 19.4 Å². The summed E-state index contributed by atoms with van der Waals surface area (Å²) < 4.78 is 27.3. The molecule has 1 spiro atoms. The summed E-state index contributed by atoms with van der Waals surface area (Å²) in [7, 11) is -3.56. The fourth-order valence-corrected chi connectivity index (χ4v) is 9.84. The molecule has 1 amide bonds. The second kappa shape index (κ2) is 5.46. The standard InChI is InChI=1S/C21H29NO4S/c1-20(2)14-7-8-21(20)12-27(25,26)22(18(21)11-14)19(24)10-13-9-17(23)16-6-4-3-5-15(13)16/h13-14,18H,3-12H2,1-2H3. The molecule has 1 aliphatic heterocycles. The van der Waals surface area contributed by atoms with E-state index >= 15 is 0 Å². The Hall–Kier alpha value is -1.17.